The highest BCUT2D eigenvalue weighted by molar-refractivity contribution is 6.34. The topological polar surface area (TPSA) is 55.4 Å². The first kappa shape index (κ1) is 11.4. The first-order valence-electron chi connectivity index (χ1n) is 5.25. The lowest BCUT2D eigenvalue weighted by Crippen LogP contribution is -2.21. The van der Waals surface area contributed by atoms with Crippen LogP contribution >= 0.6 is 0 Å². The zero-order chi connectivity index (χ0) is 12.6. The lowest BCUT2D eigenvalue weighted by atomic mass is 9.99. The van der Waals surface area contributed by atoms with Gasteiger partial charge in [0, 0.05) is 11.6 Å². The fourth-order valence-corrected chi connectivity index (χ4v) is 1.78. The molecule has 0 aromatic heterocycles. The van der Waals surface area contributed by atoms with Gasteiger partial charge in [-0.3, -0.25) is 14.9 Å². The number of amides is 2. The van der Waals surface area contributed by atoms with Crippen LogP contribution in [0.25, 0.3) is 5.57 Å². The molecule has 2 amide bonds. The number of methoxy groups -OCH3 is 1. The van der Waals surface area contributed by atoms with Crippen molar-refractivity contribution in [2.45, 2.75) is 13.8 Å². The number of ether oxygens (including phenoxy) is 1. The van der Waals surface area contributed by atoms with E-state index in [-0.39, 0.29) is 11.8 Å². The SMILES string of the molecule is COc1cc(C)c(C)cc1C1=CC(=O)NC1=O. The highest BCUT2D eigenvalue weighted by Gasteiger charge is 2.24. The number of benzene rings is 1. The fraction of sp³-hybridized carbons (Fsp3) is 0.231. The average molecular weight is 231 g/mol. The first-order chi connectivity index (χ1) is 8.02. The van der Waals surface area contributed by atoms with Crippen molar-refractivity contribution in [3.05, 3.63) is 34.9 Å². The zero-order valence-corrected chi connectivity index (χ0v) is 9.96. The zero-order valence-electron chi connectivity index (χ0n) is 9.96. The third-order valence-electron chi connectivity index (χ3n) is 2.86. The van der Waals surface area contributed by atoms with Crippen LogP contribution in [-0.4, -0.2) is 18.9 Å². The minimum atomic E-state index is -0.384. The molecule has 0 unspecified atom stereocenters. The molecule has 1 aliphatic rings. The molecule has 4 nitrogen and oxygen atoms in total. The van der Waals surface area contributed by atoms with Gasteiger partial charge in [-0.05, 0) is 37.1 Å². The van der Waals surface area contributed by atoms with E-state index in [4.69, 9.17) is 4.74 Å². The van der Waals surface area contributed by atoms with Gasteiger partial charge in [-0.2, -0.15) is 0 Å². The first-order valence-corrected chi connectivity index (χ1v) is 5.25. The quantitative estimate of drug-likeness (QED) is 0.782. The minimum Gasteiger partial charge on any atom is -0.496 e. The molecule has 88 valence electrons. The summed E-state index contributed by atoms with van der Waals surface area (Å²) in [5, 5.41) is 2.22. The predicted molar refractivity (Wildman–Crippen MR) is 63.6 cm³/mol. The molecule has 0 saturated heterocycles. The molecule has 0 fully saturated rings. The third kappa shape index (κ3) is 1.93. The molecule has 0 bridgehead atoms. The minimum absolute atomic E-state index is 0.356. The van der Waals surface area contributed by atoms with E-state index in [1.165, 1.54) is 6.08 Å². The molecule has 1 aromatic rings. The van der Waals surface area contributed by atoms with E-state index in [0.29, 0.717) is 16.9 Å². The molecule has 0 radical (unpaired) electrons. The number of hydrogen-bond acceptors (Lipinski definition) is 3. The highest BCUT2D eigenvalue weighted by Crippen LogP contribution is 2.30. The van der Waals surface area contributed by atoms with E-state index in [0.717, 1.165) is 11.1 Å². The normalized spacial score (nSPS) is 14.6. The second-order valence-electron chi connectivity index (χ2n) is 4.01. The fourth-order valence-electron chi connectivity index (χ4n) is 1.78. The van der Waals surface area contributed by atoms with Crippen LogP contribution in [0.3, 0.4) is 0 Å². The van der Waals surface area contributed by atoms with Crippen LogP contribution < -0.4 is 10.1 Å². The van der Waals surface area contributed by atoms with E-state index in [2.05, 4.69) is 5.32 Å². The predicted octanol–water partition coefficient (Wildman–Crippen LogP) is 1.35. The molecule has 1 aliphatic heterocycles. The summed E-state index contributed by atoms with van der Waals surface area (Å²) >= 11 is 0. The maximum atomic E-state index is 11.6. The standard InChI is InChI=1S/C13H13NO3/c1-7-4-9(11(17-3)5-8(7)2)10-6-12(15)14-13(10)16/h4-6H,1-3H3,(H,14,15,16). The maximum Gasteiger partial charge on any atom is 0.259 e. The lowest BCUT2D eigenvalue weighted by Gasteiger charge is -2.11. The van der Waals surface area contributed by atoms with Crippen molar-refractivity contribution >= 4 is 17.4 Å². The van der Waals surface area contributed by atoms with Gasteiger partial charge in [0.2, 0.25) is 0 Å². The summed E-state index contributed by atoms with van der Waals surface area (Å²) in [6, 6.07) is 3.72. The monoisotopic (exact) mass is 231 g/mol. The molecule has 1 heterocycles. The molecule has 1 N–H and O–H groups in total. The van der Waals surface area contributed by atoms with Crippen LogP contribution in [0.15, 0.2) is 18.2 Å². The van der Waals surface area contributed by atoms with Crippen LogP contribution in [0.2, 0.25) is 0 Å². The number of carbonyl (C=O) groups is 2. The van der Waals surface area contributed by atoms with Gasteiger partial charge in [-0.15, -0.1) is 0 Å². The van der Waals surface area contributed by atoms with Crippen molar-refractivity contribution in [1.29, 1.82) is 0 Å². The molecular formula is C13H13NO3. The molecule has 0 saturated carbocycles. The van der Waals surface area contributed by atoms with Gasteiger partial charge in [0.25, 0.3) is 11.8 Å². The van der Waals surface area contributed by atoms with Crippen LogP contribution in [0.1, 0.15) is 16.7 Å². The summed E-state index contributed by atoms with van der Waals surface area (Å²) in [6.07, 6.45) is 1.30. The van der Waals surface area contributed by atoms with E-state index >= 15 is 0 Å². The Kier molecular flexibility index (Phi) is 2.71. The van der Waals surface area contributed by atoms with Crippen LogP contribution in [0.5, 0.6) is 5.75 Å². The van der Waals surface area contributed by atoms with Crippen molar-refractivity contribution in [2.24, 2.45) is 0 Å². The molecule has 0 spiro atoms. The third-order valence-corrected chi connectivity index (χ3v) is 2.86. The molecular weight excluding hydrogens is 218 g/mol. The van der Waals surface area contributed by atoms with Crippen LogP contribution in [0, 0.1) is 13.8 Å². The molecule has 4 heteroatoms. The van der Waals surface area contributed by atoms with Gasteiger partial charge in [0.05, 0.1) is 12.7 Å². The van der Waals surface area contributed by atoms with Gasteiger partial charge < -0.3 is 4.74 Å². The number of aryl methyl sites for hydroxylation is 2. The second-order valence-corrected chi connectivity index (χ2v) is 4.01. The van der Waals surface area contributed by atoms with E-state index in [9.17, 15) is 9.59 Å². The molecule has 2 rings (SSSR count). The molecule has 1 aromatic carbocycles. The van der Waals surface area contributed by atoms with Crippen molar-refractivity contribution in [1.82, 2.24) is 5.32 Å². The Balaban J connectivity index is 2.59. The van der Waals surface area contributed by atoms with Crippen molar-refractivity contribution in [2.75, 3.05) is 7.11 Å². The van der Waals surface area contributed by atoms with E-state index < -0.39 is 0 Å². The molecule has 0 atom stereocenters. The molecule has 0 aliphatic carbocycles. The smallest absolute Gasteiger partial charge is 0.259 e. The van der Waals surface area contributed by atoms with Crippen LogP contribution in [-0.2, 0) is 9.59 Å². The Morgan fingerprint density at radius 2 is 1.76 bits per heavy atom. The van der Waals surface area contributed by atoms with Gasteiger partial charge in [-0.25, -0.2) is 0 Å². The van der Waals surface area contributed by atoms with Gasteiger partial charge >= 0.3 is 0 Å². The number of imide groups is 1. The number of nitrogens with one attached hydrogen (secondary N) is 1. The van der Waals surface area contributed by atoms with Gasteiger partial charge in [-0.1, -0.05) is 0 Å². The Morgan fingerprint density at radius 1 is 1.12 bits per heavy atom. The van der Waals surface area contributed by atoms with Crippen LogP contribution in [0.4, 0.5) is 0 Å². The Labute approximate surface area is 99.3 Å². The summed E-state index contributed by atoms with van der Waals surface area (Å²) in [5.41, 5.74) is 3.14. The average Bonchev–Trinajstić information content (AvgIpc) is 2.61. The maximum absolute atomic E-state index is 11.6. The van der Waals surface area contributed by atoms with Crippen molar-refractivity contribution < 1.29 is 14.3 Å². The number of hydrogen-bond donors (Lipinski definition) is 1. The second kappa shape index (κ2) is 4.05. The largest absolute Gasteiger partial charge is 0.496 e. The lowest BCUT2D eigenvalue weighted by molar-refractivity contribution is -0.123. The number of rotatable bonds is 2. The van der Waals surface area contributed by atoms with Gasteiger partial charge in [0.15, 0.2) is 0 Å². The van der Waals surface area contributed by atoms with Crippen molar-refractivity contribution in [3.63, 3.8) is 0 Å². The Bertz CT molecular complexity index is 544. The van der Waals surface area contributed by atoms with Crippen molar-refractivity contribution in [3.8, 4) is 5.75 Å². The van der Waals surface area contributed by atoms with E-state index in [1.54, 1.807) is 7.11 Å². The van der Waals surface area contributed by atoms with Gasteiger partial charge in [0.1, 0.15) is 5.75 Å². The summed E-state index contributed by atoms with van der Waals surface area (Å²) in [7, 11) is 1.54. The summed E-state index contributed by atoms with van der Waals surface area (Å²) in [6.45, 7) is 3.92. The summed E-state index contributed by atoms with van der Waals surface area (Å²) in [5.74, 6) is -0.161. The summed E-state index contributed by atoms with van der Waals surface area (Å²) in [4.78, 5) is 22.7. The Morgan fingerprint density at radius 3 is 2.29 bits per heavy atom. The summed E-state index contributed by atoms with van der Waals surface area (Å²) < 4.78 is 5.25. The highest BCUT2D eigenvalue weighted by atomic mass is 16.5. The van der Waals surface area contributed by atoms with E-state index in [1.807, 2.05) is 26.0 Å². The Hall–Kier alpha value is -2.10. The molecule has 17 heavy (non-hydrogen) atoms. The number of carbonyl (C=O) groups excluding carboxylic acids is 2.